The molecular weight excluding hydrogens is 334 g/mol. The van der Waals surface area contributed by atoms with E-state index in [4.69, 9.17) is 4.42 Å². The van der Waals surface area contributed by atoms with E-state index in [1.807, 2.05) is 32.0 Å². The topological polar surface area (TPSA) is 100 Å². The van der Waals surface area contributed by atoms with Gasteiger partial charge in [-0.05, 0) is 30.2 Å². The Hall–Kier alpha value is -3.09. The largest absolute Gasteiger partial charge is 0.472 e. The zero-order valence-corrected chi connectivity index (χ0v) is 14.9. The van der Waals surface area contributed by atoms with Crippen molar-refractivity contribution in [1.29, 1.82) is 0 Å². The molecule has 3 N–H and O–H groups in total. The monoisotopic (exact) mass is 357 g/mol. The van der Waals surface area contributed by atoms with Crippen LogP contribution in [0, 0.1) is 5.92 Å². The van der Waals surface area contributed by atoms with E-state index in [2.05, 4.69) is 16.0 Å². The summed E-state index contributed by atoms with van der Waals surface area (Å²) in [6.45, 7) is 4.00. The van der Waals surface area contributed by atoms with Crippen LogP contribution in [0.1, 0.15) is 36.2 Å². The van der Waals surface area contributed by atoms with Crippen molar-refractivity contribution in [3.63, 3.8) is 0 Å². The summed E-state index contributed by atoms with van der Waals surface area (Å²) >= 11 is 0. The number of benzene rings is 1. The average molecular weight is 357 g/mol. The summed E-state index contributed by atoms with van der Waals surface area (Å²) in [6, 6.07) is 8.80. The van der Waals surface area contributed by atoms with Gasteiger partial charge in [-0.1, -0.05) is 26.0 Å². The lowest BCUT2D eigenvalue weighted by Gasteiger charge is -2.11. The van der Waals surface area contributed by atoms with E-state index in [1.165, 1.54) is 18.6 Å². The van der Waals surface area contributed by atoms with Crippen molar-refractivity contribution in [2.24, 2.45) is 5.92 Å². The van der Waals surface area contributed by atoms with Crippen LogP contribution >= 0.6 is 0 Å². The van der Waals surface area contributed by atoms with Crippen LogP contribution in [-0.4, -0.2) is 24.3 Å². The van der Waals surface area contributed by atoms with E-state index >= 15 is 0 Å². The number of furan rings is 1. The van der Waals surface area contributed by atoms with Crippen LogP contribution in [0.3, 0.4) is 0 Å². The van der Waals surface area contributed by atoms with Crippen LogP contribution in [-0.2, 0) is 16.1 Å². The molecule has 1 aromatic heterocycles. The van der Waals surface area contributed by atoms with Crippen molar-refractivity contribution in [3.8, 4) is 0 Å². The third-order valence-electron chi connectivity index (χ3n) is 3.94. The minimum absolute atomic E-state index is 0.0318. The quantitative estimate of drug-likeness (QED) is 0.675. The van der Waals surface area contributed by atoms with E-state index in [0.717, 1.165) is 12.0 Å². The molecular formula is C19H23N3O4. The molecule has 0 saturated heterocycles. The van der Waals surface area contributed by atoms with Gasteiger partial charge in [-0.15, -0.1) is 0 Å². The number of carbonyl (C=O) groups is 3. The first-order chi connectivity index (χ1) is 12.5. The van der Waals surface area contributed by atoms with Crippen molar-refractivity contribution < 1.29 is 18.8 Å². The standard InChI is InChI=1S/C19H23N3O4/c1-3-13(2)18(24)22-16-6-4-5-14(9-16)10-20-17(23)11-21-19(25)15-7-8-26-12-15/h4-9,12-13H,3,10-11H2,1-2H3,(H,20,23)(H,21,25)(H,22,24)/t13-/m1/s1. The predicted molar refractivity (Wildman–Crippen MR) is 97.4 cm³/mol. The summed E-state index contributed by atoms with van der Waals surface area (Å²) in [7, 11) is 0. The molecule has 0 spiro atoms. The van der Waals surface area contributed by atoms with E-state index < -0.39 is 0 Å². The van der Waals surface area contributed by atoms with Gasteiger partial charge in [0.25, 0.3) is 5.91 Å². The van der Waals surface area contributed by atoms with Gasteiger partial charge in [0.2, 0.25) is 11.8 Å². The van der Waals surface area contributed by atoms with E-state index in [9.17, 15) is 14.4 Å². The van der Waals surface area contributed by atoms with Gasteiger partial charge in [-0.3, -0.25) is 14.4 Å². The van der Waals surface area contributed by atoms with Gasteiger partial charge in [-0.25, -0.2) is 0 Å². The number of nitrogens with one attached hydrogen (secondary N) is 3. The third kappa shape index (κ3) is 5.77. The molecule has 0 aliphatic heterocycles. The number of anilines is 1. The highest BCUT2D eigenvalue weighted by atomic mass is 16.3. The van der Waals surface area contributed by atoms with Gasteiger partial charge < -0.3 is 20.4 Å². The lowest BCUT2D eigenvalue weighted by molar-refractivity contribution is -0.120. The summed E-state index contributed by atoms with van der Waals surface area (Å²) in [5.74, 6) is -0.771. The van der Waals surface area contributed by atoms with Crippen LogP contribution < -0.4 is 16.0 Å². The number of rotatable bonds is 8. The zero-order valence-electron chi connectivity index (χ0n) is 14.9. The van der Waals surface area contributed by atoms with Crippen molar-refractivity contribution in [2.45, 2.75) is 26.8 Å². The maximum atomic E-state index is 11.9. The lowest BCUT2D eigenvalue weighted by Crippen LogP contribution is -2.36. The van der Waals surface area contributed by atoms with Crippen molar-refractivity contribution in [2.75, 3.05) is 11.9 Å². The minimum atomic E-state index is -0.372. The highest BCUT2D eigenvalue weighted by molar-refractivity contribution is 5.96. The predicted octanol–water partition coefficient (Wildman–Crippen LogP) is 2.31. The SMILES string of the molecule is CC[C@@H](C)C(=O)Nc1cccc(CNC(=O)CNC(=O)c2ccoc2)c1. The van der Waals surface area contributed by atoms with Crippen molar-refractivity contribution in [1.82, 2.24) is 10.6 Å². The fourth-order valence-electron chi connectivity index (χ4n) is 2.13. The van der Waals surface area contributed by atoms with Crippen LogP contribution in [0.15, 0.2) is 47.3 Å². The molecule has 26 heavy (non-hydrogen) atoms. The molecule has 2 aromatic rings. The van der Waals surface area contributed by atoms with Gasteiger partial charge >= 0.3 is 0 Å². The summed E-state index contributed by atoms with van der Waals surface area (Å²) < 4.78 is 4.82. The minimum Gasteiger partial charge on any atom is -0.472 e. The molecule has 0 bridgehead atoms. The van der Waals surface area contributed by atoms with Gasteiger partial charge in [0, 0.05) is 18.2 Å². The molecule has 0 aliphatic carbocycles. The first-order valence-corrected chi connectivity index (χ1v) is 8.46. The number of amides is 3. The second kappa shape index (κ2) is 9.41. The summed E-state index contributed by atoms with van der Waals surface area (Å²) in [5, 5.41) is 8.09. The Morgan fingerprint density at radius 3 is 2.65 bits per heavy atom. The maximum Gasteiger partial charge on any atom is 0.254 e. The molecule has 0 radical (unpaired) electrons. The van der Waals surface area contributed by atoms with Gasteiger partial charge in [-0.2, -0.15) is 0 Å². The number of carbonyl (C=O) groups excluding carboxylic acids is 3. The summed E-state index contributed by atoms with van der Waals surface area (Å²) in [6.07, 6.45) is 3.47. The van der Waals surface area contributed by atoms with Crippen LogP contribution in [0.2, 0.25) is 0 Å². The molecule has 0 aliphatic rings. The molecule has 7 heteroatoms. The molecule has 0 fully saturated rings. The Kier molecular flexibility index (Phi) is 6.96. The second-order valence-electron chi connectivity index (χ2n) is 5.97. The van der Waals surface area contributed by atoms with Crippen molar-refractivity contribution in [3.05, 3.63) is 54.0 Å². The summed E-state index contributed by atoms with van der Waals surface area (Å²) in [5.41, 5.74) is 1.90. The molecule has 3 amide bonds. The van der Waals surface area contributed by atoms with Gasteiger partial charge in [0.15, 0.2) is 0 Å². The van der Waals surface area contributed by atoms with Crippen LogP contribution in [0.4, 0.5) is 5.69 Å². The molecule has 1 aromatic carbocycles. The van der Waals surface area contributed by atoms with Gasteiger partial charge in [0.05, 0.1) is 18.4 Å². The molecule has 2 rings (SSSR count). The maximum absolute atomic E-state index is 11.9. The van der Waals surface area contributed by atoms with E-state index in [1.54, 1.807) is 6.07 Å². The molecule has 0 saturated carbocycles. The van der Waals surface area contributed by atoms with Crippen molar-refractivity contribution >= 4 is 23.4 Å². The first kappa shape index (κ1) is 19.2. The van der Waals surface area contributed by atoms with E-state index in [0.29, 0.717) is 17.8 Å². The fraction of sp³-hybridized carbons (Fsp3) is 0.316. The second-order valence-corrected chi connectivity index (χ2v) is 5.97. The number of hydrogen-bond donors (Lipinski definition) is 3. The van der Waals surface area contributed by atoms with Crippen LogP contribution in [0.5, 0.6) is 0 Å². The Labute approximate surface area is 152 Å². The molecule has 1 atom stereocenters. The van der Waals surface area contributed by atoms with Crippen LogP contribution in [0.25, 0.3) is 0 Å². The summed E-state index contributed by atoms with van der Waals surface area (Å²) in [4.78, 5) is 35.5. The molecule has 0 unspecified atom stereocenters. The Balaban J connectivity index is 1.79. The zero-order chi connectivity index (χ0) is 18.9. The highest BCUT2D eigenvalue weighted by Gasteiger charge is 2.11. The molecule has 1 heterocycles. The Morgan fingerprint density at radius 2 is 1.96 bits per heavy atom. The Bertz CT molecular complexity index is 756. The molecule has 138 valence electrons. The average Bonchev–Trinajstić information content (AvgIpc) is 3.18. The Morgan fingerprint density at radius 1 is 1.15 bits per heavy atom. The smallest absolute Gasteiger partial charge is 0.254 e. The highest BCUT2D eigenvalue weighted by Crippen LogP contribution is 2.13. The van der Waals surface area contributed by atoms with E-state index in [-0.39, 0.29) is 30.2 Å². The number of hydrogen-bond acceptors (Lipinski definition) is 4. The first-order valence-electron chi connectivity index (χ1n) is 8.46. The lowest BCUT2D eigenvalue weighted by atomic mass is 10.1. The fourth-order valence-corrected chi connectivity index (χ4v) is 2.13. The third-order valence-corrected chi connectivity index (χ3v) is 3.94. The molecule has 7 nitrogen and oxygen atoms in total. The normalized spacial score (nSPS) is 11.5. The van der Waals surface area contributed by atoms with Gasteiger partial charge in [0.1, 0.15) is 6.26 Å².